The molecule has 0 spiro atoms. The van der Waals surface area contributed by atoms with E-state index in [1.54, 1.807) is 20.9 Å². The predicted molar refractivity (Wildman–Crippen MR) is 97.3 cm³/mol. The van der Waals surface area contributed by atoms with Gasteiger partial charge in [-0.25, -0.2) is 9.78 Å². The number of nitrogens with one attached hydrogen (secondary N) is 1. The molecule has 1 N–H and O–H groups in total. The van der Waals surface area contributed by atoms with Gasteiger partial charge in [0.05, 0.1) is 28.5 Å². The van der Waals surface area contributed by atoms with Gasteiger partial charge in [-0.2, -0.15) is 5.10 Å². The van der Waals surface area contributed by atoms with Crippen LogP contribution < -0.4 is 5.32 Å². The first-order valence-electron chi connectivity index (χ1n) is 8.24. The molecule has 2 amide bonds. The predicted octanol–water partition coefficient (Wildman–Crippen LogP) is 3.52. The summed E-state index contributed by atoms with van der Waals surface area (Å²) in [5.41, 5.74) is 2.99. The van der Waals surface area contributed by atoms with Gasteiger partial charge in [-0.1, -0.05) is 6.92 Å². The Morgan fingerprint density at radius 2 is 2.04 bits per heavy atom. The molecule has 24 heavy (non-hydrogen) atoms. The van der Waals surface area contributed by atoms with Gasteiger partial charge in [0.25, 0.3) is 0 Å². The van der Waals surface area contributed by atoms with E-state index in [-0.39, 0.29) is 18.1 Å². The second-order valence-electron chi connectivity index (χ2n) is 6.21. The Bertz CT molecular complexity index is 721. The molecular formula is C17H27N5OS. The number of thiazole rings is 1. The summed E-state index contributed by atoms with van der Waals surface area (Å²) in [6.45, 7) is 10.1. The molecule has 7 heteroatoms. The Kier molecular flexibility index (Phi) is 5.64. The molecule has 0 fully saturated rings. The van der Waals surface area contributed by atoms with E-state index in [2.05, 4.69) is 22.3 Å². The van der Waals surface area contributed by atoms with Gasteiger partial charge in [0, 0.05) is 30.7 Å². The largest absolute Gasteiger partial charge is 0.331 e. The maximum Gasteiger partial charge on any atom is 0.318 e. The van der Waals surface area contributed by atoms with Crippen molar-refractivity contribution in [3.63, 3.8) is 0 Å². The minimum Gasteiger partial charge on any atom is -0.331 e. The third-order valence-electron chi connectivity index (χ3n) is 4.32. The van der Waals surface area contributed by atoms with E-state index in [0.717, 1.165) is 33.3 Å². The summed E-state index contributed by atoms with van der Waals surface area (Å²) in [5, 5.41) is 8.51. The molecule has 0 bridgehead atoms. The van der Waals surface area contributed by atoms with E-state index < -0.39 is 0 Å². The molecule has 2 aromatic rings. The number of nitrogens with zero attached hydrogens (tertiary/aromatic N) is 4. The van der Waals surface area contributed by atoms with Crippen molar-refractivity contribution < 1.29 is 4.79 Å². The van der Waals surface area contributed by atoms with E-state index in [9.17, 15) is 4.79 Å². The molecule has 0 radical (unpaired) electrons. The van der Waals surface area contributed by atoms with Crippen molar-refractivity contribution in [1.82, 2.24) is 25.0 Å². The van der Waals surface area contributed by atoms with Crippen molar-refractivity contribution in [2.75, 3.05) is 7.05 Å². The third-order valence-corrected chi connectivity index (χ3v) is 5.79. The van der Waals surface area contributed by atoms with Crippen LogP contribution in [0.5, 0.6) is 0 Å². The van der Waals surface area contributed by atoms with Crippen LogP contribution in [-0.2, 0) is 13.5 Å². The Morgan fingerprint density at radius 1 is 1.38 bits per heavy atom. The minimum absolute atomic E-state index is 0.00926. The molecule has 132 valence electrons. The van der Waals surface area contributed by atoms with Gasteiger partial charge < -0.3 is 10.2 Å². The Hall–Kier alpha value is -1.89. The number of urea groups is 1. The van der Waals surface area contributed by atoms with E-state index in [1.165, 1.54) is 0 Å². The molecule has 0 aliphatic heterocycles. The fourth-order valence-electron chi connectivity index (χ4n) is 2.76. The molecule has 2 heterocycles. The zero-order chi connectivity index (χ0) is 18.0. The Morgan fingerprint density at radius 3 is 2.54 bits per heavy atom. The maximum atomic E-state index is 12.6. The molecule has 2 aromatic heterocycles. The zero-order valence-electron chi connectivity index (χ0n) is 15.5. The van der Waals surface area contributed by atoms with Crippen molar-refractivity contribution in [3.8, 4) is 0 Å². The Balaban J connectivity index is 2.08. The zero-order valence-corrected chi connectivity index (χ0v) is 16.4. The lowest BCUT2D eigenvalue weighted by molar-refractivity contribution is 0.191. The lowest BCUT2D eigenvalue weighted by Gasteiger charge is -2.26. The minimum atomic E-state index is -0.0934. The molecule has 6 nitrogen and oxygen atoms in total. The van der Waals surface area contributed by atoms with Crippen LogP contribution in [0.4, 0.5) is 4.79 Å². The summed E-state index contributed by atoms with van der Waals surface area (Å²) in [5.74, 6) is 0. The first-order chi connectivity index (χ1) is 11.2. The van der Waals surface area contributed by atoms with Gasteiger partial charge in [0.15, 0.2) is 0 Å². The van der Waals surface area contributed by atoms with Crippen molar-refractivity contribution in [2.24, 2.45) is 7.05 Å². The number of rotatable bonds is 5. The van der Waals surface area contributed by atoms with Crippen LogP contribution in [0.15, 0.2) is 6.20 Å². The average Bonchev–Trinajstić information content (AvgIpc) is 3.07. The van der Waals surface area contributed by atoms with E-state index in [1.807, 2.05) is 48.0 Å². The normalized spacial score (nSPS) is 13.6. The van der Waals surface area contributed by atoms with Gasteiger partial charge in [0.1, 0.15) is 0 Å². The molecule has 0 aliphatic rings. The number of hydrogen-bond acceptors (Lipinski definition) is 4. The molecule has 2 atom stereocenters. The van der Waals surface area contributed by atoms with Gasteiger partial charge >= 0.3 is 6.03 Å². The van der Waals surface area contributed by atoms with Crippen molar-refractivity contribution in [2.45, 2.75) is 53.1 Å². The molecule has 0 saturated heterocycles. The summed E-state index contributed by atoms with van der Waals surface area (Å²) in [6, 6.07) is -0.191. The molecule has 0 unspecified atom stereocenters. The molecule has 0 saturated carbocycles. The summed E-state index contributed by atoms with van der Waals surface area (Å²) in [4.78, 5) is 20.1. The van der Waals surface area contributed by atoms with Crippen LogP contribution >= 0.6 is 11.3 Å². The summed E-state index contributed by atoms with van der Waals surface area (Å²) >= 11 is 1.69. The number of aryl methyl sites for hydroxylation is 4. The smallest absolute Gasteiger partial charge is 0.318 e. The van der Waals surface area contributed by atoms with Crippen molar-refractivity contribution >= 4 is 17.4 Å². The Labute approximate surface area is 147 Å². The standard InChI is InChI=1S/C17H27N5OS/c1-8-15-18-12(4)16(24-15)13(5)22(7)17(23)19-10(2)14-9-21(6)20-11(14)3/h9-10,13H,8H2,1-7H3,(H,19,23)/t10-,13+/m0/s1. The monoisotopic (exact) mass is 349 g/mol. The fraction of sp³-hybridized carbons (Fsp3) is 0.588. The fourth-order valence-corrected chi connectivity index (χ4v) is 3.87. The van der Waals surface area contributed by atoms with Crippen LogP contribution in [0.2, 0.25) is 0 Å². The van der Waals surface area contributed by atoms with Crippen molar-refractivity contribution in [3.05, 3.63) is 33.0 Å². The van der Waals surface area contributed by atoms with Gasteiger partial charge in [-0.15, -0.1) is 11.3 Å². The number of amides is 2. The van der Waals surface area contributed by atoms with E-state index in [0.29, 0.717) is 0 Å². The third kappa shape index (κ3) is 3.77. The second kappa shape index (κ2) is 7.34. The van der Waals surface area contributed by atoms with Crippen LogP contribution in [0.3, 0.4) is 0 Å². The molecule has 2 rings (SSSR count). The summed E-state index contributed by atoms with van der Waals surface area (Å²) < 4.78 is 1.77. The number of carbonyl (C=O) groups excluding carboxylic acids is 1. The summed E-state index contributed by atoms with van der Waals surface area (Å²) in [6.07, 6.45) is 2.87. The van der Waals surface area contributed by atoms with Gasteiger partial charge in [-0.05, 0) is 34.1 Å². The quantitative estimate of drug-likeness (QED) is 0.898. The lowest BCUT2D eigenvalue weighted by Crippen LogP contribution is -2.40. The molecular weight excluding hydrogens is 322 g/mol. The first kappa shape index (κ1) is 18.4. The lowest BCUT2D eigenvalue weighted by atomic mass is 10.1. The SMILES string of the molecule is CCc1nc(C)c([C@@H](C)N(C)C(=O)N[C@@H](C)c2cn(C)nc2C)s1. The number of hydrogen-bond donors (Lipinski definition) is 1. The van der Waals surface area contributed by atoms with Crippen LogP contribution in [-0.4, -0.2) is 32.7 Å². The van der Waals surface area contributed by atoms with E-state index in [4.69, 9.17) is 0 Å². The van der Waals surface area contributed by atoms with Crippen LogP contribution in [0.1, 0.15) is 59.7 Å². The highest BCUT2D eigenvalue weighted by molar-refractivity contribution is 7.11. The number of aromatic nitrogens is 3. The van der Waals surface area contributed by atoms with Gasteiger partial charge in [-0.3, -0.25) is 4.68 Å². The highest BCUT2D eigenvalue weighted by Crippen LogP contribution is 2.29. The highest BCUT2D eigenvalue weighted by atomic mass is 32.1. The molecule has 0 aliphatic carbocycles. The average molecular weight is 350 g/mol. The van der Waals surface area contributed by atoms with E-state index >= 15 is 0 Å². The highest BCUT2D eigenvalue weighted by Gasteiger charge is 2.23. The first-order valence-corrected chi connectivity index (χ1v) is 9.05. The molecule has 0 aromatic carbocycles. The topological polar surface area (TPSA) is 63.1 Å². The number of carbonyl (C=O) groups is 1. The van der Waals surface area contributed by atoms with Gasteiger partial charge in [0.2, 0.25) is 0 Å². The van der Waals surface area contributed by atoms with Crippen LogP contribution in [0.25, 0.3) is 0 Å². The maximum absolute atomic E-state index is 12.6. The van der Waals surface area contributed by atoms with Crippen LogP contribution in [0, 0.1) is 13.8 Å². The summed E-state index contributed by atoms with van der Waals surface area (Å²) in [7, 11) is 3.71. The van der Waals surface area contributed by atoms with Crippen molar-refractivity contribution in [1.29, 1.82) is 0 Å². The second-order valence-corrected chi connectivity index (χ2v) is 7.33.